The molecule has 0 radical (unpaired) electrons. The molecule has 1 rings (SSSR count). The fraction of sp³-hybridized carbons (Fsp3) is 0.474. The molecule has 6 N–H and O–H groups in total. The summed E-state index contributed by atoms with van der Waals surface area (Å²) in [4.78, 5) is 47.9. The minimum atomic E-state index is -1.18. The summed E-state index contributed by atoms with van der Waals surface area (Å²) in [7, 11) is 0. The van der Waals surface area contributed by atoms with Gasteiger partial charge in [0.1, 0.15) is 18.6 Å². The number of nitrogens with one attached hydrogen (secondary N) is 3. The van der Waals surface area contributed by atoms with Gasteiger partial charge in [-0.15, -0.1) is 0 Å². The standard InChI is InChI=1S/C19H28N4O5S/c1-12(20)17(26)23-15(10-13-6-4-3-5-7-13)19(28)22-14(8-9-29-2)18(27)21-11-16(24)25/h3-7,12,14-15H,8-11,20H2,1-2H3,(H,21,27)(H,22,28)(H,23,26)(H,24,25). The zero-order valence-corrected chi connectivity index (χ0v) is 17.3. The van der Waals surface area contributed by atoms with Gasteiger partial charge in [-0.3, -0.25) is 19.2 Å². The van der Waals surface area contributed by atoms with Crippen LogP contribution in [0, 0.1) is 0 Å². The summed E-state index contributed by atoms with van der Waals surface area (Å²) in [6, 6.07) is 6.47. The van der Waals surface area contributed by atoms with Crippen molar-refractivity contribution in [2.45, 2.75) is 37.9 Å². The number of carbonyl (C=O) groups is 4. The molecule has 3 amide bonds. The normalized spacial score (nSPS) is 13.6. The average Bonchev–Trinajstić information content (AvgIpc) is 2.69. The second kappa shape index (κ2) is 12.8. The Balaban J connectivity index is 2.92. The molecule has 0 saturated carbocycles. The number of hydrogen-bond donors (Lipinski definition) is 5. The number of benzene rings is 1. The SMILES string of the molecule is CSCCC(NC(=O)C(Cc1ccccc1)NC(=O)C(C)N)C(=O)NCC(=O)O. The molecule has 0 aliphatic heterocycles. The molecule has 0 heterocycles. The zero-order valence-electron chi connectivity index (χ0n) is 16.5. The second-order valence-electron chi connectivity index (χ2n) is 6.49. The van der Waals surface area contributed by atoms with E-state index in [0.717, 1.165) is 5.56 Å². The molecule has 0 aromatic heterocycles. The van der Waals surface area contributed by atoms with Gasteiger partial charge in [0.15, 0.2) is 0 Å². The van der Waals surface area contributed by atoms with Gasteiger partial charge in [-0.05, 0) is 30.9 Å². The molecular weight excluding hydrogens is 396 g/mol. The van der Waals surface area contributed by atoms with E-state index in [1.54, 1.807) is 0 Å². The lowest BCUT2D eigenvalue weighted by Crippen LogP contribution is -2.56. The number of carboxylic acids is 1. The first-order valence-electron chi connectivity index (χ1n) is 9.13. The highest BCUT2D eigenvalue weighted by molar-refractivity contribution is 7.98. The van der Waals surface area contributed by atoms with Crippen LogP contribution >= 0.6 is 11.8 Å². The lowest BCUT2D eigenvalue weighted by molar-refractivity contribution is -0.138. The fourth-order valence-electron chi connectivity index (χ4n) is 2.42. The predicted molar refractivity (Wildman–Crippen MR) is 111 cm³/mol. The average molecular weight is 425 g/mol. The molecule has 0 fully saturated rings. The Labute approximate surface area is 174 Å². The maximum Gasteiger partial charge on any atom is 0.322 e. The Kier molecular flexibility index (Phi) is 10.8. The molecule has 10 heteroatoms. The number of carbonyl (C=O) groups excluding carboxylic acids is 3. The summed E-state index contributed by atoms with van der Waals surface area (Å²) in [5.41, 5.74) is 6.42. The van der Waals surface area contributed by atoms with Gasteiger partial charge in [0, 0.05) is 6.42 Å². The first-order chi connectivity index (χ1) is 13.7. The maximum atomic E-state index is 12.9. The highest BCUT2D eigenvalue weighted by Crippen LogP contribution is 2.06. The highest BCUT2D eigenvalue weighted by atomic mass is 32.2. The van der Waals surface area contributed by atoms with E-state index in [0.29, 0.717) is 12.2 Å². The first-order valence-corrected chi connectivity index (χ1v) is 10.5. The van der Waals surface area contributed by atoms with Crippen LogP contribution in [0.2, 0.25) is 0 Å². The van der Waals surface area contributed by atoms with Crippen LogP contribution in [0.25, 0.3) is 0 Å². The van der Waals surface area contributed by atoms with Crippen LogP contribution in [-0.4, -0.2) is 65.5 Å². The number of thioether (sulfide) groups is 1. The molecule has 1 aromatic carbocycles. The number of rotatable bonds is 12. The quantitative estimate of drug-likeness (QED) is 0.303. The van der Waals surface area contributed by atoms with Crippen molar-refractivity contribution < 1.29 is 24.3 Å². The van der Waals surface area contributed by atoms with Crippen molar-refractivity contribution in [3.05, 3.63) is 35.9 Å². The van der Waals surface area contributed by atoms with Gasteiger partial charge in [-0.1, -0.05) is 30.3 Å². The Bertz CT molecular complexity index is 699. The van der Waals surface area contributed by atoms with Gasteiger partial charge < -0.3 is 26.8 Å². The van der Waals surface area contributed by atoms with Crippen molar-refractivity contribution in [3.63, 3.8) is 0 Å². The summed E-state index contributed by atoms with van der Waals surface area (Å²) in [6.45, 7) is 0.965. The van der Waals surface area contributed by atoms with Crippen molar-refractivity contribution in [1.29, 1.82) is 0 Å². The summed E-state index contributed by atoms with van der Waals surface area (Å²) < 4.78 is 0. The summed E-state index contributed by atoms with van der Waals surface area (Å²) in [5, 5.41) is 16.2. The molecule has 1 aromatic rings. The number of nitrogens with two attached hydrogens (primary N) is 1. The van der Waals surface area contributed by atoms with E-state index in [2.05, 4.69) is 16.0 Å². The summed E-state index contributed by atoms with van der Waals surface area (Å²) in [5.74, 6) is -2.22. The van der Waals surface area contributed by atoms with Crippen LogP contribution in [0.5, 0.6) is 0 Å². The first kappa shape index (κ1) is 24.4. The van der Waals surface area contributed by atoms with Gasteiger partial charge in [-0.25, -0.2) is 0 Å². The maximum absolute atomic E-state index is 12.9. The number of carboxylic acid groups (broad SMARTS) is 1. The van der Waals surface area contributed by atoms with Crippen LogP contribution in [0.3, 0.4) is 0 Å². The van der Waals surface area contributed by atoms with E-state index in [-0.39, 0.29) is 6.42 Å². The Hall–Kier alpha value is -2.59. The van der Waals surface area contributed by atoms with Crippen molar-refractivity contribution in [2.75, 3.05) is 18.6 Å². The largest absolute Gasteiger partial charge is 0.480 e. The number of amides is 3. The van der Waals surface area contributed by atoms with Gasteiger partial charge in [0.2, 0.25) is 17.7 Å². The van der Waals surface area contributed by atoms with Crippen LogP contribution in [0.4, 0.5) is 0 Å². The molecule has 0 aliphatic rings. The van der Waals surface area contributed by atoms with Gasteiger partial charge in [0.25, 0.3) is 0 Å². The molecule has 3 atom stereocenters. The highest BCUT2D eigenvalue weighted by Gasteiger charge is 2.27. The van der Waals surface area contributed by atoms with Gasteiger partial charge in [-0.2, -0.15) is 11.8 Å². The molecular formula is C19H28N4O5S. The van der Waals surface area contributed by atoms with E-state index in [9.17, 15) is 19.2 Å². The summed E-state index contributed by atoms with van der Waals surface area (Å²) >= 11 is 1.49. The minimum Gasteiger partial charge on any atom is -0.480 e. The third-order valence-corrected chi connectivity index (χ3v) is 4.63. The molecule has 160 valence electrons. The van der Waals surface area contributed by atoms with Crippen molar-refractivity contribution in [3.8, 4) is 0 Å². The smallest absolute Gasteiger partial charge is 0.322 e. The van der Waals surface area contributed by atoms with Crippen LogP contribution in [-0.2, 0) is 25.6 Å². The Morgan fingerprint density at radius 1 is 1.03 bits per heavy atom. The molecule has 9 nitrogen and oxygen atoms in total. The van der Waals surface area contributed by atoms with Crippen molar-refractivity contribution >= 4 is 35.5 Å². The molecule has 0 saturated heterocycles. The third-order valence-electron chi connectivity index (χ3n) is 3.99. The topological polar surface area (TPSA) is 151 Å². The van der Waals surface area contributed by atoms with Crippen LogP contribution in [0.1, 0.15) is 18.9 Å². The van der Waals surface area contributed by atoms with E-state index in [1.165, 1.54) is 18.7 Å². The molecule has 0 spiro atoms. The number of hydrogen-bond acceptors (Lipinski definition) is 6. The lowest BCUT2D eigenvalue weighted by Gasteiger charge is -2.23. The Morgan fingerprint density at radius 2 is 1.66 bits per heavy atom. The fourth-order valence-corrected chi connectivity index (χ4v) is 2.90. The molecule has 3 unspecified atom stereocenters. The van der Waals surface area contributed by atoms with E-state index < -0.39 is 48.4 Å². The number of aliphatic carboxylic acids is 1. The zero-order chi connectivity index (χ0) is 21.8. The molecule has 0 bridgehead atoms. The monoisotopic (exact) mass is 424 g/mol. The van der Waals surface area contributed by atoms with Crippen LogP contribution < -0.4 is 21.7 Å². The van der Waals surface area contributed by atoms with Gasteiger partial charge >= 0.3 is 5.97 Å². The predicted octanol–water partition coefficient (Wildman–Crippen LogP) is -0.500. The van der Waals surface area contributed by atoms with Gasteiger partial charge in [0.05, 0.1) is 6.04 Å². The molecule has 0 aliphatic carbocycles. The third kappa shape index (κ3) is 9.44. The van der Waals surface area contributed by atoms with Crippen molar-refractivity contribution in [1.82, 2.24) is 16.0 Å². The molecule has 29 heavy (non-hydrogen) atoms. The minimum absolute atomic E-state index is 0.219. The van der Waals surface area contributed by atoms with E-state index in [1.807, 2.05) is 36.6 Å². The second-order valence-corrected chi connectivity index (χ2v) is 7.48. The van der Waals surface area contributed by atoms with E-state index >= 15 is 0 Å². The lowest BCUT2D eigenvalue weighted by atomic mass is 10.0. The Morgan fingerprint density at radius 3 is 2.21 bits per heavy atom. The van der Waals surface area contributed by atoms with Crippen molar-refractivity contribution in [2.24, 2.45) is 5.73 Å². The summed E-state index contributed by atoms with van der Waals surface area (Å²) in [6.07, 6.45) is 2.39. The van der Waals surface area contributed by atoms with Crippen LogP contribution in [0.15, 0.2) is 30.3 Å². The van der Waals surface area contributed by atoms with E-state index in [4.69, 9.17) is 10.8 Å².